The number of nitriles is 1. The Morgan fingerprint density at radius 1 is 1.45 bits per heavy atom. The molecule has 0 amide bonds. The molecule has 0 atom stereocenters. The Kier molecular flexibility index (Phi) is 3.20. The highest BCUT2D eigenvalue weighted by Gasteiger charge is 2.29. The molecule has 2 heterocycles. The SMILES string of the molecule is N#Cc1c(OC2CC2)cc(Cl)c2c1-c1ccnn1CCCO2. The minimum absolute atomic E-state index is 0.195. The summed E-state index contributed by atoms with van der Waals surface area (Å²) in [6.07, 6.45) is 4.81. The van der Waals surface area contributed by atoms with E-state index in [4.69, 9.17) is 21.1 Å². The number of hydrogen-bond donors (Lipinski definition) is 0. The standard InChI is InChI=1S/C16H14ClN3O2/c17-12-8-14(22-10-2-3-10)11(9-18)15-13-4-5-19-20(13)6-1-7-21-16(12)15/h4-5,8,10H,1-3,6-7H2. The Morgan fingerprint density at radius 2 is 2.32 bits per heavy atom. The topological polar surface area (TPSA) is 60.1 Å². The summed E-state index contributed by atoms with van der Waals surface area (Å²) in [5.74, 6) is 1.08. The second-order valence-electron chi connectivity index (χ2n) is 5.51. The number of aryl methyl sites for hydroxylation is 1. The van der Waals surface area contributed by atoms with Crippen LogP contribution in [0.5, 0.6) is 11.5 Å². The molecule has 22 heavy (non-hydrogen) atoms. The molecule has 4 rings (SSSR count). The summed E-state index contributed by atoms with van der Waals surface area (Å²) in [6.45, 7) is 1.29. The smallest absolute Gasteiger partial charge is 0.148 e. The van der Waals surface area contributed by atoms with Gasteiger partial charge in [0, 0.05) is 25.2 Å². The van der Waals surface area contributed by atoms with Crippen molar-refractivity contribution in [1.29, 1.82) is 5.26 Å². The molecule has 0 unspecified atom stereocenters. The summed E-state index contributed by atoms with van der Waals surface area (Å²) in [5.41, 5.74) is 1.99. The Bertz CT molecular complexity index is 774. The van der Waals surface area contributed by atoms with Crippen LogP contribution in [0.15, 0.2) is 18.3 Å². The maximum atomic E-state index is 9.67. The Hall–Kier alpha value is -2.19. The van der Waals surface area contributed by atoms with Crippen LogP contribution < -0.4 is 9.47 Å². The van der Waals surface area contributed by atoms with Gasteiger partial charge in [-0.25, -0.2) is 0 Å². The van der Waals surface area contributed by atoms with Gasteiger partial charge in [-0.3, -0.25) is 4.68 Å². The van der Waals surface area contributed by atoms with Crippen molar-refractivity contribution in [1.82, 2.24) is 9.78 Å². The van der Waals surface area contributed by atoms with Crippen molar-refractivity contribution in [2.45, 2.75) is 31.9 Å². The average molecular weight is 316 g/mol. The first-order chi connectivity index (χ1) is 10.8. The summed E-state index contributed by atoms with van der Waals surface area (Å²) >= 11 is 6.40. The third-order valence-electron chi connectivity index (χ3n) is 3.86. The number of halogens is 1. The monoisotopic (exact) mass is 315 g/mol. The van der Waals surface area contributed by atoms with Crippen molar-refractivity contribution in [3.05, 3.63) is 28.9 Å². The lowest BCUT2D eigenvalue weighted by Crippen LogP contribution is -2.13. The summed E-state index contributed by atoms with van der Waals surface area (Å²) in [5, 5.41) is 14.5. The molecule has 1 fully saturated rings. The Morgan fingerprint density at radius 3 is 3.09 bits per heavy atom. The third-order valence-corrected chi connectivity index (χ3v) is 4.14. The molecule has 5 nitrogen and oxygen atoms in total. The van der Waals surface area contributed by atoms with Gasteiger partial charge < -0.3 is 9.47 Å². The van der Waals surface area contributed by atoms with Crippen LogP contribution in [-0.2, 0) is 6.54 Å². The Balaban J connectivity index is 1.96. The highest BCUT2D eigenvalue weighted by Crippen LogP contribution is 2.45. The van der Waals surface area contributed by atoms with E-state index in [9.17, 15) is 5.26 Å². The molecule has 1 aliphatic carbocycles. The zero-order valence-electron chi connectivity index (χ0n) is 11.9. The molecule has 112 valence electrons. The number of fused-ring (bicyclic) bond motifs is 3. The second-order valence-corrected chi connectivity index (χ2v) is 5.91. The summed E-state index contributed by atoms with van der Waals surface area (Å²) in [6, 6.07) is 5.83. The predicted molar refractivity (Wildman–Crippen MR) is 81.2 cm³/mol. The summed E-state index contributed by atoms with van der Waals surface area (Å²) < 4.78 is 13.6. The molecule has 0 saturated heterocycles. The van der Waals surface area contributed by atoms with Crippen LogP contribution in [0.25, 0.3) is 11.3 Å². The van der Waals surface area contributed by atoms with Gasteiger partial charge in [0.25, 0.3) is 0 Å². The highest BCUT2D eigenvalue weighted by atomic mass is 35.5. The fourth-order valence-corrected chi connectivity index (χ4v) is 2.92. The number of nitrogens with zero attached hydrogens (tertiary/aromatic N) is 3. The summed E-state index contributed by atoms with van der Waals surface area (Å²) in [4.78, 5) is 0. The molecule has 1 saturated carbocycles. The van der Waals surface area contributed by atoms with Crippen LogP contribution >= 0.6 is 11.6 Å². The lowest BCUT2D eigenvalue weighted by Gasteiger charge is -2.21. The van der Waals surface area contributed by atoms with Gasteiger partial charge in [-0.2, -0.15) is 10.4 Å². The fourth-order valence-electron chi connectivity index (χ4n) is 2.68. The highest BCUT2D eigenvalue weighted by molar-refractivity contribution is 6.33. The molecular formula is C16H14ClN3O2. The van der Waals surface area contributed by atoms with E-state index in [-0.39, 0.29) is 6.10 Å². The lowest BCUT2D eigenvalue weighted by atomic mass is 10.0. The maximum absolute atomic E-state index is 9.67. The number of hydrogen-bond acceptors (Lipinski definition) is 4. The molecule has 0 bridgehead atoms. The molecular weight excluding hydrogens is 302 g/mol. The second kappa shape index (κ2) is 5.22. The first-order valence-corrected chi connectivity index (χ1v) is 7.74. The average Bonchev–Trinajstić information content (AvgIpc) is 3.19. The van der Waals surface area contributed by atoms with E-state index < -0.39 is 0 Å². The van der Waals surface area contributed by atoms with Gasteiger partial charge in [0.05, 0.1) is 29.0 Å². The van der Waals surface area contributed by atoms with Gasteiger partial charge in [0.15, 0.2) is 0 Å². The molecule has 1 aromatic carbocycles. The summed E-state index contributed by atoms with van der Waals surface area (Å²) in [7, 11) is 0. The minimum atomic E-state index is 0.195. The number of rotatable bonds is 2. The van der Waals surface area contributed by atoms with Crippen molar-refractivity contribution in [3.8, 4) is 28.8 Å². The molecule has 0 N–H and O–H groups in total. The quantitative estimate of drug-likeness (QED) is 0.852. The van der Waals surface area contributed by atoms with Crippen molar-refractivity contribution < 1.29 is 9.47 Å². The van der Waals surface area contributed by atoms with E-state index in [1.807, 2.05) is 10.7 Å². The first kappa shape index (κ1) is 13.5. The van der Waals surface area contributed by atoms with Crippen molar-refractivity contribution in [2.75, 3.05) is 6.61 Å². The predicted octanol–water partition coefficient (Wildman–Crippen LogP) is 3.40. The van der Waals surface area contributed by atoms with Crippen LogP contribution in [0.4, 0.5) is 0 Å². The van der Waals surface area contributed by atoms with E-state index in [1.165, 1.54) is 0 Å². The number of ether oxygens (including phenoxy) is 2. The van der Waals surface area contributed by atoms with E-state index in [1.54, 1.807) is 12.3 Å². The molecule has 1 aliphatic heterocycles. The molecule has 2 aromatic rings. The van der Waals surface area contributed by atoms with E-state index >= 15 is 0 Å². The van der Waals surface area contributed by atoms with Crippen molar-refractivity contribution >= 4 is 11.6 Å². The minimum Gasteiger partial charge on any atom is -0.491 e. The van der Waals surface area contributed by atoms with E-state index in [0.717, 1.165) is 31.5 Å². The first-order valence-electron chi connectivity index (χ1n) is 7.36. The molecule has 6 heteroatoms. The third kappa shape index (κ3) is 2.20. The van der Waals surface area contributed by atoms with Gasteiger partial charge in [-0.05, 0) is 18.9 Å². The molecule has 0 radical (unpaired) electrons. The molecule has 2 aliphatic rings. The van der Waals surface area contributed by atoms with Crippen LogP contribution in [0.2, 0.25) is 5.02 Å². The Labute approximate surface area is 133 Å². The van der Waals surface area contributed by atoms with Crippen LogP contribution in [0.3, 0.4) is 0 Å². The molecule has 1 aromatic heterocycles. The number of aromatic nitrogens is 2. The van der Waals surface area contributed by atoms with Gasteiger partial charge >= 0.3 is 0 Å². The van der Waals surface area contributed by atoms with E-state index in [0.29, 0.717) is 34.3 Å². The van der Waals surface area contributed by atoms with Crippen LogP contribution in [0.1, 0.15) is 24.8 Å². The van der Waals surface area contributed by atoms with Gasteiger partial charge in [0.1, 0.15) is 23.1 Å². The zero-order valence-corrected chi connectivity index (χ0v) is 12.6. The van der Waals surface area contributed by atoms with Gasteiger partial charge in [-0.1, -0.05) is 11.6 Å². The molecule has 0 spiro atoms. The van der Waals surface area contributed by atoms with Gasteiger partial charge in [0.2, 0.25) is 0 Å². The van der Waals surface area contributed by atoms with Crippen molar-refractivity contribution in [3.63, 3.8) is 0 Å². The zero-order chi connectivity index (χ0) is 15.1. The normalized spacial score (nSPS) is 16.5. The fraction of sp³-hybridized carbons (Fsp3) is 0.375. The number of benzene rings is 1. The lowest BCUT2D eigenvalue weighted by molar-refractivity contribution is 0.289. The van der Waals surface area contributed by atoms with E-state index in [2.05, 4.69) is 11.2 Å². The van der Waals surface area contributed by atoms with Crippen LogP contribution in [-0.4, -0.2) is 22.5 Å². The van der Waals surface area contributed by atoms with Crippen LogP contribution in [0, 0.1) is 11.3 Å². The van der Waals surface area contributed by atoms with Crippen molar-refractivity contribution in [2.24, 2.45) is 0 Å². The van der Waals surface area contributed by atoms with Gasteiger partial charge in [-0.15, -0.1) is 0 Å². The maximum Gasteiger partial charge on any atom is 0.148 e. The largest absolute Gasteiger partial charge is 0.491 e.